The number of carbonyl (C=O) groups is 1. The molecule has 0 spiro atoms. The fourth-order valence-corrected chi connectivity index (χ4v) is 5.58. The second-order valence-electron chi connectivity index (χ2n) is 10.1. The van der Waals surface area contributed by atoms with Gasteiger partial charge in [0.25, 0.3) is 0 Å². The lowest BCUT2D eigenvalue weighted by atomic mass is 9.84. The molecule has 1 atom stereocenters. The molecule has 1 aliphatic carbocycles. The Kier molecular flexibility index (Phi) is 7.57. The molecule has 1 saturated heterocycles. The maximum absolute atomic E-state index is 14.0. The minimum absolute atomic E-state index is 0.00115. The van der Waals surface area contributed by atoms with Crippen molar-refractivity contribution in [1.29, 1.82) is 0 Å². The molecule has 37 heavy (non-hydrogen) atoms. The molecule has 1 amide bonds. The van der Waals surface area contributed by atoms with Crippen LogP contribution in [0.5, 0.6) is 0 Å². The molecular formula is C27H34F3N5O2. The Morgan fingerprint density at radius 1 is 1.19 bits per heavy atom. The van der Waals surface area contributed by atoms with Crippen molar-refractivity contribution in [3.8, 4) is 0 Å². The number of halogens is 3. The molecule has 0 unspecified atom stereocenters. The van der Waals surface area contributed by atoms with Crippen molar-refractivity contribution in [3.63, 3.8) is 0 Å². The summed E-state index contributed by atoms with van der Waals surface area (Å²) in [6.07, 6.45) is -0.311. The molecule has 7 nitrogen and oxygen atoms in total. The number of hydrogen-bond donors (Lipinski definition) is 2. The average molecular weight is 518 g/mol. The van der Waals surface area contributed by atoms with E-state index in [4.69, 9.17) is 4.74 Å². The van der Waals surface area contributed by atoms with E-state index in [1.54, 1.807) is 13.1 Å². The van der Waals surface area contributed by atoms with Crippen LogP contribution in [0.2, 0.25) is 0 Å². The van der Waals surface area contributed by atoms with Gasteiger partial charge in [0, 0.05) is 42.5 Å². The van der Waals surface area contributed by atoms with Gasteiger partial charge < -0.3 is 25.2 Å². The van der Waals surface area contributed by atoms with E-state index in [1.807, 2.05) is 23.1 Å². The number of pyridine rings is 1. The third-order valence-electron chi connectivity index (χ3n) is 7.70. The normalized spacial score (nSPS) is 22.9. The zero-order valence-electron chi connectivity index (χ0n) is 21.1. The zero-order valence-corrected chi connectivity index (χ0v) is 21.1. The van der Waals surface area contributed by atoms with E-state index in [-0.39, 0.29) is 24.3 Å². The molecule has 1 saturated carbocycles. The van der Waals surface area contributed by atoms with Gasteiger partial charge in [-0.25, -0.2) is 4.98 Å². The summed E-state index contributed by atoms with van der Waals surface area (Å²) in [5.74, 6) is 0.506. The van der Waals surface area contributed by atoms with Crippen LogP contribution < -0.4 is 20.4 Å². The van der Waals surface area contributed by atoms with Crippen LogP contribution in [0.25, 0.3) is 0 Å². The van der Waals surface area contributed by atoms with Crippen LogP contribution in [-0.2, 0) is 16.1 Å². The number of ether oxygens (including phenoxy) is 1. The number of hydrogen-bond acceptors (Lipinski definition) is 6. The second kappa shape index (κ2) is 10.9. The SMILES string of the molecule is CC[C@H](N[C@H]1CC[C@H](C(=O)N2Cc3cccnc3Nc3ccc(N4CCOCC4)cc32)CC1)C(F)(F)F. The van der Waals surface area contributed by atoms with Gasteiger partial charge in [0.05, 0.1) is 31.1 Å². The number of rotatable bonds is 5. The number of amides is 1. The Bertz CT molecular complexity index is 1100. The molecule has 3 aliphatic rings. The number of fused-ring (bicyclic) bond motifs is 2. The summed E-state index contributed by atoms with van der Waals surface area (Å²) in [5, 5.41) is 6.19. The summed E-state index contributed by atoms with van der Waals surface area (Å²) in [7, 11) is 0. The zero-order chi connectivity index (χ0) is 26.0. The van der Waals surface area contributed by atoms with Crippen molar-refractivity contribution in [1.82, 2.24) is 10.3 Å². The summed E-state index contributed by atoms with van der Waals surface area (Å²) in [6.45, 7) is 4.84. The molecule has 2 aliphatic heterocycles. The minimum atomic E-state index is -4.26. The number of nitrogens with one attached hydrogen (secondary N) is 2. The number of alkyl halides is 3. The van der Waals surface area contributed by atoms with Gasteiger partial charge in [0.15, 0.2) is 0 Å². The van der Waals surface area contributed by atoms with Crippen LogP contribution in [-0.4, -0.2) is 55.5 Å². The maximum atomic E-state index is 14.0. The highest BCUT2D eigenvalue weighted by atomic mass is 19.4. The lowest BCUT2D eigenvalue weighted by Crippen LogP contribution is -2.49. The van der Waals surface area contributed by atoms with Crippen LogP contribution >= 0.6 is 0 Å². The van der Waals surface area contributed by atoms with Gasteiger partial charge in [-0.15, -0.1) is 0 Å². The third-order valence-corrected chi connectivity index (χ3v) is 7.70. The molecular weight excluding hydrogens is 483 g/mol. The number of anilines is 4. The molecule has 200 valence electrons. The topological polar surface area (TPSA) is 69.7 Å². The first kappa shape index (κ1) is 25.8. The van der Waals surface area contributed by atoms with Gasteiger partial charge in [-0.3, -0.25) is 4.79 Å². The smallest absolute Gasteiger partial charge is 0.378 e. The predicted molar refractivity (Wildman–Crippen MR) is 137 cm³/mol. The van der Waals surface area contributed by atoms with Gasteiger partial charge in [0.2, 0.25) is 5.91 Å². The van der Waals surface area contributed by atoms with Crippen LogP contribution in [0.1, 0.15) is 44.6 Å². The number of benzene rings is 1. The summed E-state index contributed by atoms with van der Waals surface area (Å²) >= 11 is 0. The Morgan fingerprint density at radius 2 is 1.95 bits per heavy atom. The molecule has 5 rings (SSSR count). The van der Waals surface area contributed by atoms with Gasteiger partial charge in [-0.05, 0) is 56.4 Å². The van der Waals surface area contributed by atoms with E-state index >= 15 is 0 Å². The Labute approximate surface area is 215 Å². The minimum Gasteiger partial charge on any atom is -0.378 e. The monoisotopic (exact) mass is 517 g/mol. The number of nitrogens with zero attached hydrogens (tertiary/aromatic N) is 3. The van der Waals surface area contributed by atoms with Crippen molar-refractivity contribution in [2.24, 2.45) is 5.92 Å². The second-order valence-corrected chi connectivity index (χ2v) is 10.1. The number of aromatic nitrogens is 1. The van der Waals surface area contributed by atoms with E-state index < -0.39 is 12.2 Å². The largest absolute Gasteiger partial charge is 0.403 e. The van der Waals surface area contributed by atoms with Gasteiger partial charge in [-0.2, -0.15) is 13.2 Å². The highest BCUT2D eigenvalue weighted by Gasteiger charge is 2.40. The van der Waals surface area contributed by atoms with Crippen molar-refractivity contribution in [3.05, 3.63) is 42.1 Å². The third kappa shape index (κ3) is 5.70. The Morgan fingerprint density at radius 3 is 2.65 bits per heavy atom. The Hall–Kier alpha value is -2.85. The van der Waals surface area contributed by atoms with Gasteiger partial charge in [-0.1, -0.05) is 13.0 Å². The van der Waals surface area contributed by atoms with Crippen molar-refractivity contribution >= 4 is 28.8 Å². The molecule has 2 fully saturated rings. The van der Waals surface area contributed by atoms with Gasteiger partial charge in [0.1, 0.15) is 11.9 Å². The number of carbonyl (C=O) groups excluding carboxylic acids is 1. The lowest BCUT2D eigenvalue weighted by molar-refractivity contribution is -0.159. The van der Waals surface area contributed by atoms with E-state index in [0.717, 1.165) is 41.5 Å². The molecule has 3 heterocycles. The van der Waals surface area contributed by atoms with Crippen LogP contribution in [0.3, 0.4) is 0 Å². The highest BCUT2D eigenvalue weighted by molar-refractivity contribution is 6.00. The molecule has 10 heteroatoms. The summed E-state index contributed by atoms with van der Waals surface area (Å²) < 4.78 is 45.2. The molecule has 1 aromatic heterocycles. The summed E-state index contributed by atoms with van der Waals surface area (Å²) in [5.41, 5.74) is 3.57. The highest BCUT2D eigenvalue weighted by Crippen LogP contribution is 2.40. The first-order valence-electron chi connectivity index (χ1n) is 13.1. The lowest BCUT2D eigenvalue weighted by Gasteiger charge is -2.35. The summed E-state index contributed by atoms with van der Waals surface area (Å²) in [4.78, 5) is 22.5. The number of morpholine rings is 1. The first-order valence-corrected chi connectivity index (χ1v) is 13.1. The fourth-order valence-electron chi connectivity index (χ4n) is 5.58. The van der Waals surface area contributed by atoms with Crippen LogP contribution in [0.4, 0.5) is 36.1 Å². The van der Waals surface area contributed by atoms with Crippen LogP contribution in [0.15, 0.2) is 36.5 Å². The Balaban J connectivity index is 1.36. The maximum Gasteiger partial charge on any atom is 0.403 e. The molecule has 1 aromatic carbocycles. The van der Waals surface area contributed by atoms with Gasteiger partial charge >= 0.3 is 6.18 Å². The predicted octanol–water partition coefficient (Wildman–Crippen LogP) is 5.00. The molecule has 0 bridgehead atoms. The average Bonchev–Trinajstić information content (AvgIpc) is 3.08. The van der Waals surface area contributed by atoms with Crippen molar-refractivity contribution < 1.29 is 22.7 Å². The van der Waals surface area contributed by atoms with E-state index in [2.05, 4.69) is 32.7 Å². The fraction of sp³-hybridized carbons (Fsp3) is 0.556. The molecule has 0 radical (unpaired) electrons. The first-order chi connectivity index (χ1) is 17.8. The van der Waals surface area contributed by atoms with Crippen LogP contribution in [0, 0.1) is 5.92 Å². The van der Waals surface area contributed by atoms with Crippen molar-refractivity contribution in [2.75, 3.05) is 41.4 Å². The van der Waals surface area contributed by atoms with Crippen molar-refractivity contribution in [2.45, 2.75) is 63.8 Å². The standard InChI is InChI=1S/C27H34F3N5O2/c1-2-24(27(28,29)30)32-20-7-5-18(6-8-20)26(36)35-17-19-4-3-11-31-25(19)33-22-10-9-21(16-23(22)35)34-12-14-37-15-13-34/h3-4,9-11,16,18,20,24,32H,2,5-8,12-15,17H2,1H3,(H,31,33)/t18-,20-,24-/m0/s1. The molecule has 2 N–H and O–H groups in total. The summed E-state index contributed by atoms with van der Waals surface area (Å²) in [6, 6.07) is 8.19. The van der Waals surface area contributed by atoms with E-state index in [1.165, 1.54) is 0 Å². The molecule has 2 aromatic rings. The van der Waals surface area contributed by atoms with E-state index in [0.29, 0.717) is 45.4 Å². The quantitative estimate of drug-likeness (QED) is 0.582. The van der Waals surface area contributed by atoms with E-state index in [9.17, 15) is 18.0 Å².